The van der Waals surface area contributed by atoms with Crippen LogP contribution in [0.25, 0.3) is 11.1 Å². The van der Waals surface area contributed by atoms with Gasteiger partial charge in [-0.15, -0.1) is 0 Å². The van der Waals surface area contributed by atoms with E-state index in [2.05, 4.69) is 16.0 Å². The number of ether oxygens (including phenoxy) is 3. The van der Waals surface area contributed by atoms with Gasteiger partial charge in [0.1, 0.15) is 6.04 Å². The minimum Gasteiger partial charge on any atom is -0.493 e. The lowest BCUT2D eigenvalue weighted by molar-refractivity contribution is -0.122. The zero-order valence-corrected chi connectivity index (χ0v) is 26.8. The fourth-order valence-electron chi connectivity index (χ4n) is 6.24. The predicted octanol–water partition coefficient (Wildman–Crippen LogP) is 5.24. The van der Waals surface area contributed by atoms with Gasteiger partial charge in [-0.25, -0.2) is 0 Å². The number of methoxy groups -OCH3 is 3. The number of carbonyl (C=O) groups excluding carboxylic acids is 2. The maximum atomic E-state index is 13.8. The molecule has 1 saturated carbocycles. The van der Waals surface area contributed by atoms with Crippen LogP contribution in [-0.4, -0.2) is 57.2 Å². The van der Waals surface area contributed by atoms with E-state index in [0.717, 1.165) is 48.1 Å². The number of nitrogens with one attached hydrogen (secondary N) is 3. The molecule has 3 N–H and O–H groups in total. The fourth-order valence-corrected chi connectivity index (χ4v) is 6.72. The minimum atomic E-state index is -0.553. The molecule has 234 valence electrons. The van der Waals surface area contributed by atoms with Crippen LogP contribution >= 0.6 is 11.8 Å². The number of rotatable bonds is 11. The summed E-state index contributed by atoms with van der Waals surface area (Å²) < 4.78 is 17.2. The Morgan fingerprint density at radius 3 is 2.30 bits per heavy atom. The molecule has 1 fully saturated rings. The second-order valence-corrected chi connectivity index (χ2v) is 12.3. The Bertz CT molecular complexity index is 1360. The Hall–Kier alpha value is -3.40. The number of hydrogen-bond donors (Lipinski definition) is 3. The summed E-state index contributed by atoms with van der Waals surface area (Å²) in [5.74, 6) is 2.00. The highest BCUT2D eigenvalue weighted by atomic mass is 32.2. The summed E-state index contributed by atoms with van der Waals surface area (Å²) in [6.45, 7) is 1.47. The lowest BCUT2D eigenvalue weighted by Crippen LogP contribution is -2.45. The molecule has 0 aromatic heterocycles. The molecule has 10 heteroatoms. The van der Waals surface area contributed by atoms with Crippen molar-refractivity contribution in [1.82, 2.24) is 10.6 Å². The van der Waals surface area contributed by atoms with Crippen molar-refractivity contribution in [3.8, 4) is 28.4 Å². The summed E-state index contributed by atoms with van der Waals surface area (Å²) in [5.41, 5.74) is 3.25. The van der Waals surface area contributed by atoms with E-state index in [-0.39, 0.29) is 23.3 Å². The topological polar surface area (TPSA) is 115 Å². The van der Waals surface area contributed by atoms with Gasteiger partial charge in [-0.3, -0.25) is 14.4 Å². The molecular weight excluding hydrogens is 566 g/mol. The molecule has 0 heterocycles. The first kappa shape index (κ1) is 32.5. The van der Waals surface area contributed by atoms with Crippen molar-refractivity contribution in [3.63, 3.8) is 0 Å². The maximum absolute atomic E-state index is 13.8. The van der Waals surface area contributed by atoms with Gasteiger partial charge >= 0.3 is 0 Å². The Labute approximate surface area is 258 Å². The molecule has 0 unspecified atom stereocenters. The summed E-state index contributed by atoms with van der Waals surface area (Å²) in [4.78, 5) is 39.6. The SMILES string of the molecule is COc1cc2c(c(OC)c1OC)-c1ccc(N[C@@H](CCSC)C(=O)NC3CCCCCC3)c(=O)cc1[C@@H](NC(C)=O)CC2. The number of hydrogen-bond acceptors (Lipinski definition) is 8. The van der Waals surface area contributed by atoms with Gasteiger partial charge in [0.15, 0.2) is 11.5 Å². The van der Waals surface area contributed by atoms with Gasteiger partial charge in [0.25, 0.3) is 0 Å². The normalized spacial score (nSPS) is 17.3. The van der Waals surface area contributed by atoms with Crippen molar-refractivity contribution in [2.75, 3.05) is 38.7 Å². The van der Waals surface area contributed by atoms with Crippen LogP contribution in [0.15, 0.2) is 29.1 Å². The zero-order valence-electron chi connectivity index (χ0n) is 26.0. The van der Waals surface area contributed by atoms with E-state index >= 15 is 0 Å². The van der Waals surface area contributed by atoms with E-state index in [4.69, 9.17) is 14.2 Å². The van der Waals surface area contributed by atoms with Gasteiger partial charge in [-0.05, 0) is 79.0 Å². The molecule has 2 amide bonds. The molecule has 2 aliphatic carbocycles. The lowest BCUT2D eigenvalue weighted by atomic mass is 9.95. The average Bonchev–Trinajstić information content (AvgIpc) is 3.40. The zero-order chi connectivity index (χ0) is 30.9. The van der Waals surface area contributed by atoms with Gasteiger partial charge < -0.3 is 30.2 Å². The number of carbonyl (C=O) groups is 2. The van der Waals surface area contributed by atoms with E-state index in [1.54, 1.807) is 45.2 Å². The summed E-state index contributed by atoms with van der Waals surface area (Å²) >= 11 is 1.67. The first-order valence-corrected chi connectivity index (χ1v) is 16.5. The first-order chi connectivity index (χ1) is 20.8. The smallest absolute Gasteiger partial charge is 0.242 e. The van der Waals surface area contributed by atoms with E-state index in [9.17, 15) is 14.4 Å². The molecule has 0 aliphatic heterocycles. The van der Waals surface area contributed by atoms with Crippen molar-refractivity contribution in [2.45, 2.75) is 82.8 Å². The third-order valence-electron chi connectivity index (χ3n) is 8.37. The third kappa shape index (κ3) is 7.77. The molecule has 2 aromatic rings. The van der Waals surface area contributed by atoms with Crippen molar-refractivity contribution >= 4 is 29.3 Å². The maximum Gasteiger partial charge on any atom is 0.242 e. The number of anilines is 1. The summed E-state index contributed by atoms with van der Waals surface area (Å²) in [7, 11) is 4.71. The van der Waals surface area contributed by atoms with Crippen molar-refractivity contribution in [2.24, 2.45) is 0 Å². The highest BCUT2D eigenvalue weighted by Gasteiger charge is 2.30. The van der Waals surface area contributed by atoms with E-state index < -0.39 is 12.1 Å². The van der Waals surface area contributed by atoms with Gasteiger partial charge in [-0.1, -0.05) is 31.7 Å². The monoisotopic (exact) mass is 611 g/mol. The molecule has 2 aliphatic rings. The van der Waals surface area contributed by atoms with E-state index in [1.807, 2.05) is 18.4 Å². The highest BCUT2D eigenvalue weighted by molar-refractivity contribution is 7.98. The Balaban J connectivity index is 1.80. The van der Waals surface area contributed by atoms with Crippen LogP contribution < -0.4 is 35.6 Å². The van der Waals surface area contributed by atoms with E-state index in [1.165, 1.54) is 19.8 Å². The summed E-state index contributed by atoms with van der Waals surface area (Å²) in [5, 5.41) is 9.59. The molecule has 0 radical (unpaired) electrons. The van der Waals surface area contributed by atoms with Gasteiger partial charge in [0, 0.05) is 18.5 Å². The Kier molecular flexibility index (Phi) is 11.6. The number of fused-ring (bicyclic) bond motifs is 3. The molecular formula is C33H45N3O6S. The van der Waals surface area contributed by atoms with Gasteiger partial charge in [0.05, 0.1) is 33.1 Å². The summed E-state index contributed by atoms with van der Waals surface area (Å²) in [6, 6.07) is 6.33. The molecule has 4 rings (SSSR count). The van der Waals surface area contributed by atoms with Crippen LogP contribution in [0.3, 0.4) is 0 Å². The van der Waals surface area contributed by atoms with Crippen LogP contribution in [0.5, 0.6) is 17.2 Å². The molecule has 2 atom stereocenters. The second kappa shape index (κ2) is 15.4. The average molecular weight is 612 g/mol. The third-order valence-corrected chi connectivity index (χ3v) is 9.02. The molecule has 0 spiro atoms. The predicted molar refractivity (Wildman–Crippen MR) is 173 cm³/mol. The molecule has 9 nitrogen and oxygen atoms in total. The quantitative estimate of drug-likeness (QED) is 0.296. The van der Waals surface area contributed by atoms with Crippen LogP contribution in [0.4, 0.5) is 5.69 Å². The number of amides is 2. The van der Waals surface area contributed by atoms with Crippen LogP contribution in [0.1, 0.15) is 75.5 Å². The van der Waals surface area contributed by atoms with Crippen LogP contribution in [0, 0.1) is 0 Å². The number of benzene rings is 1. The van der Waals surface area contributed by atoms with Gasteiger partial charge in [-0.2, -0.15) is 11.8 Å². The molecule has 2 aromatic carbocycles. The molecule has 43 heavy (non-hydrogen) atoms. The van der Waals surface area contributed by atoms with Crippen molar-refractivity contribution in [1.29, 1.82) is 0 Å². The minimum absolute atomic E-state index is 0.0756. The Morgan fingerprint density at radius 2 is 1.67 bits per heavy atom. The van der Waals surface area contributed by atoms with Crippen molar-refractivity contribution in [3.05, 3.63) is 45.6 Å². The lowest BCUT2D eigenvalue weighted by Gasteiger charge is -2.23. The first-order valence-electron chi connectivity index (χ1n) is 15.1. The van der Waals surface area contributed by atoms with Crippen LogP contribution in [0.2, 0.25) is 0 Å². The fraction of sp³-hybridized carbons (Fsp3) is 0.545. The van der Waals surface area contributed by atoms with E-state index in [0.29, 0.717) is 47.8 Å². The number of thioether (sulfide) groups is 1. The molecule has 0 bridgehead atoms. The number of aryl methyl sites for hydroxylation is 1. The standard InChI is InChI=1S/C33H45N3O6S/c1-20(37)34-25-14-12-21-18-29(40-2)31(41-3)32(42-4)30(21)23-13-15-26(28(38)19-24(23)25)36-27(16-17-43-5)33(39)35-22-10-8-6-7-9-11-22/h13,15,18-19,22,25,27H,6-12,14,16-17H2,1-5H3,(H,34,37)(H,35,39)(H,36,38)/t25-,27-/m0/s1. The van der Waals surface area contributed by atoms with Crippen LogP contribution in [-0.2, 0) is 16.0 Å². The molecule has 0 saturated heterocycles. The Morgan fingerprint density at radius 1 is 0.953 bits per heavy atom. The van der Waals surface area contributed by atoms with Gasteiger partial charge in [0.2, 0.25) is 23.0 Å². The second-order valence-electron chi connectivity index (χ2n) is 11.3. The summed E-state index contributed by atoms with van der Waals surface area (Å²) in [6.07, 6.45) is 10.4. The van der Waals surface area contributed by atoms with Crippen molar-refractivity contribution < 1.29 is 23.8 Å². The highest BCUT2D eigenvalue weighted by Crippen LogP contribution is 2.50. The largest absolute Gasteiger partial charge is 0.493 e.